The maximum Gasteiger partial charge on any atom is 0.155 e. The third-order valence-electron chi connectivity index (χ3n) is 2.42. The lowest BCUT2D eigenvalue weighted by Crippen LogP contribution is -2.16. The van der Waals surface area contributed by atoms with Gasteiger partial charge in [0.25, 0.3) is 0 Å². The molecule has 0 unspecified atom stereocenters. The molecule has 0 bridgehead atoms. The Kier molecular flexibility index (Phi) is 1.25. The Balaban J connectivity index is 2.09. The molecule has 0 spiro atoms. The molecule has 1 aliphatic heterocycles. The molecule has 54 valence electrons. The van der Waals surface area contributed by atoms with E-state index in [9.17, 15) is 0 Å². The molecule has 1 saturated heterocycles. The third kappa shape index (κ3) is 0.759. The molecule has 0 aromatic carbocycles. The van der Waals surface area contributed by atoms with Gasteiger partial charge in [0, 0.05) is 0 Å². The van der Waals surface area contributed by atoms with Crippen LogP contribution in [-0.4, -0.2) is 11.7 Å². The van der Waals surface area contributed by atoms with Crippen LogP contribution in [0.4, 0.5) is 0 Å². The standard InChI is InChI=1S/C9H12O/c1-2-6-9-7-4-3-5-8(9)10-9/h8H,3-5,7H2,1H3/t8-,9+/m1/s1. The molecule has 0 amide bonds. The first-order chi connectivity index (χ1) is 4.87. The Morgan fingerprint density at radius 3 is 3.10 bits per heavy atom. The highest BCUT2D eigenvalue weighted by Crippen LogP contribution is 2.47. The van der Waals surface area contributed by atoms with Gasteiger partial charge in [-0.2, -0.15) is 0 Å². The van der Waals surface area contributed by atoms with Gasteiger partial charge in [-0.3, -0.25) is 0 Å². The van der Waals surface area contributed by atoms with Gasteiger partial charge >= 0.3 is 0 Å². The Bertz CT molecular complexity index is 199. The molecule has 0 N–H and O–H groups in total. The van der Waals surface area contributed by atoms with E-state index in [1.165, 1.54) is 25.7 Å². The second-order valence-electron chi connectivity index (χ2n) is 3.12. The largest absolute Gasteiger partial charge is 0.352 e. The lowest BCUT2D eigenvalue weighted by atomic mass is 9.90. The van der Waals surface area contributed by atoms with Crippen LogP contribution in [0.2, 0.25) is 0 Å². The van der Waals surface area contributed by atoms with E-state index in [-0.39, 0.29) is 5.60 Å². The van der Waals surface area contributed by atoms with Gasteiger partial charge in [-0.25, -0.2) is 0 Å². The number of hydrogen-bond acceptors (Lipinski definition) is 1. The van der Waals surface area contributed by atoms with Crippen molar-refractivity contribution >= 4 is 0 Å². The summed E-state index contributed by atoms with van der Waals surface area (Å²) in [6, 6.07) is 0. The molecule has 2 aliphatic rings. The average Bonchev–Trinajstić information content (AvgIpc) is 2.62. The number of rotatable bonds is 0. The van der Waals surface area contributed by atoms with Gasteiger partial charge < -0.3 is 4.74 Å². The second-order valence-corrected chi connectivity index (χ2v) is 3.12. The van der Waals surface area contributed by atoms with Crippen LogP contribution in [0.15, 0.2) is 0 Å². The van der Waals surface area contributed by atoms with E-state index >= 15 is 0 Å². The van der Waals surface area contributed by atoms with E-state index < -0.39 is 0 Å². The molecule has 0 aromatic heterocycles. The minimum atomic E-state index is 0.0347. The van der Waals surface area contributed by atoms with Crippen molar-refractivity contribution in [2.45, 2.75) is 44.3 Å². The van der Waals surface area contributed by atoms with Gasteiger partial charge in [0.1, 0.15) is 0 Å². The van der Waals surface area contributed by atoms with E-state index in [0.717, 1.165) is 0 Å². The van der Waals surface area contributed by atoms with Crippen LogP contribution in [0, 0.1) is 11.8 Å². The zero-order valence-corrected chi connectivity index (χ0v) is 6.31. The minimum absolute atomic E-state index is 0.0347. The normalized spacial score (nSPS) is 43.1. The van der Waals surface area contributed by atoms with Crippen molar-refractivity contribution in [3.63, 3.8) is 0 Å². The number of hydrogen-bond donors (Lipinski definition) is 0. The first-order valence-electron chi connectivity index (χ1n) is 3.99. The zero-order valence-electron chi connectivity index (χ0n) is 6.31. The van der Waals surface area contributed by atoms with Crippen molar-refractivity contribution in [2.24, 2.45) is 0 Å². The average molecular weight is 136 g/mol. The minimum Gasteiger partial charge on any atom is -0.352 e. The van der Waals surface area contributed by atoms with Gasteiger partial charge in [0.2, 0.25) is 0 Å². The predicted octanol–water partition coefficient (Wildman–Crippen LogP) is 1.72. The number of epoxide rings is 1. The van der Waals surface area contributed by atoms with Crippen molar-refractivity contribution in [3.05, 3.63) is 0 Å². The van der Waals surface area contributed by atoms with Crippen molar-refractivity contribution in [3.8, 4) is 11.8 Å². The fourth-order valence-electron chi connectivity index (χ4n) is 1.83. The second kappa shape index (κ2) is 2.00. The SMILES string of the molecule is CC#C[C@]12CCCC[C@H]1O2. The summed E-state index contributed by atoms with van der Waals surface area (Å²) >= 11 is 0. The molecule has 2 atom stereocenters. The maximum atomic E-state index is 5.53. The van der Waals surface area contributed by atoms with Crippen LogP contribution in [-0.2, 0) is 4.74 Å². The fraction of sp³-hybridized carbons (Fsp3) is 0.778. The van der Waals surface area contributed by atoms with Gasteiger partial charge in [0.15, 0.2) is 5.60 Å². The summed E-state index contributed by atoms with van der Waals surface area (Å²) in [6.45, 7) is 1.89. The quantitative estimate of drug-likeness (QED) is 0.365. The highest BCUT2D eigenvalue weighted by molar-refractivity contribution is 5.25. The Labute approximate surface area is 61.8 Å². The molecular formula is C9H12O. The van der Waals surface area contributed by atoms with E-state index in [1.54, 1.807) is 0 Å². The van der Waals surface area contributed by atoms with E-state index in [2.05, 4.69) is 11.8 Å². The molecule has 1 heterocycles. The van der Waals surface area contributed by atoms with Crippen LogP contribution < -0.4 is 0 Å². The lowest BCUT2D eigenvalue weighted by Gasteiger charge is -2.09. The Morgan fingerprint density at radius 1 is 1.50 bits per heavy atom. The summed E-state index contributed by atoms with van der Waals surface area (Å²) in [4.78, 5) is 0. The van der Waals surface area contributed by atoms with Crippen LogP contribution in [0.5, 0.6) is 0 Å². The fourth-order valence-corrected chi connectivity index (χ4v) is 1.83. The van der Waals surface area contributed by atoms with Crippen molar-refractivity contribution in [1.82, 2.24) is 0 Å². The van der Waals surface area contributed by atoms with Crippen molar-refractivity contribution in [1.29, 1.82) is 0 Å². The molecule has 1 saturated carbocycles. The summed E-state index contributed by atoms with van der Waals surface area (Å²) in [5, 5.41) is 0. The number of ether oxygens (including phenoxy) is 1. The molecule has 1 heteroatoms. The van der Waals surface area contributed by atoms with E-state index in [0.29, 0.717) is 6.10 Å². The maximum absolute atomic E-state index is 5.53. The third-order valence-corrected chi connectivity index (χ3v) is 2.42. The van der Waals surface area contributed by atoms with Crippen LogP contribution in [0.1, 0.15) is 32.6 Å². The molecule has 2 rings (SSSR count). The summed E-state index contributed by atoms with van der Waals surface area (Å²) in [5.41, 5.74) is 0.0347. The molecule has 1 nitrogen and oxygen atoms in total. The molecule has 10 heavy (non-hydrogen) atoms. The molecular weight excluding hydrogens is 124 g/mol. The summed E-state index contributed by atoms with van der Waals surface area (Å²) in [6.07, 6.45) is 5.52. The summed E-state index contributed by atoms with van der Waals surface area (Å²) in [5.74, 6) is 6.11. The predicted molar refractivity (Wildman–Crippen MR) is 39.5 cm³/mol. The van der Waals surface area contributed by atoms with Gasteiger partial charge in [-0.15, -0.1) is 5.92 Å². The van der Waals surface area contributed by atoms with Gasteiger partial charge in [-0.05, 0) is 26.2 Å². The summed E-state index contributed by atoms with van der Waals surface area (Å²) in [7, 11) is 0. The first-order valence-corrected chi connectivity index (χ1v) is 3.99. The smallest absolute Gasteiger partial charge is 0.155 e. The topological polar surface area (TPSA) is 12.5 Å². The molecule has 1 aliphatic carbocycles. The van der Waals surface area contributed by atoms with Gasteiger partial charge in [0.05, 0.1) is 6.10 Å². The van der Waals surface area contributed by atoms with E-state index in [4.69, 9.17) is 4.74 Å². The van der Waals surface area contributed by atoms with Crippen LogP contribution >= 0.6 is 0 Å². The lowest BCUT2D eigenvalue weighted by molar-refractivity contribution is 0.336. The van der Waals surface area contributed by atoms with E-state index in [1.807, 2.05) is 6.92 Å². The first kappa shape index (κ1) is 6.24. The number of fused-ring (bicyclic) bond motifs is 1. The zero-order chi connectivity index (χ0) is 7.03. The van der Waals surface area contributed by atoms with Gasteiger partial charge in [-0.1, -0.05) is 12.3 Å². The van der Waals surface area contributed by atoms with Crippen LogP contribution in [0.25, 0.3) is 0 Å². The van der Waals surface area contributed by atoms with Crippen LogP contribution in [0.3, 0.4) is 0 Å². The monoisotopic (exact) mass is 136 g/mol. The van der Waals surface area contributed by atoms with Crippen molar-refractivity contribution in [2.75, 3.05) is 0 Å². The summed E-state index contributed by atoms with van der Waals surface area (Å²) < 4.78 is 5.53. The van der Waals surface area contributed by atoms with Crippen molar-refractivity contribution < 1.29 is 4.74 Å². The Morgan fingerprint density at radius 2 is 2.40 bits per heavy atom. The Hall–Kier alpha value is -0.480. The molecule has 0 radical (unpaired) electrons. The highest BCUT2D eigenvalue weighted by Gasteiger charge is 2.56. The highest BCUT2D eigenvalue weighted by atomic mass is 16.6. The molecule has 0 aromatic rings. The molecule has 2 fully saturated rings.